The van der Waals surface area contributed by atoms with E-state index in [1.807, 2.05) is 6.92 Å². The summed E-state index contributed by atoms with van der Waals surface area (Å²) in [6.45, 7) is 2.20. The Morgan fingerprint density at radius 2 is 1.92 bits per heavy atom. The molecule has 0 saturated heterocycles. The Labute approximate surface area is 165 Å². The topological polar surface area (TPSA) is 84.5 Å². The summed E-state index contributed by atoms with van der Waals surface area (Å²) < 4.78 is 29.8. The van der Waals surface area contributed by atoms with Crippen LogP contribution in [-0.2, 0) is 14.6 Å². The molecule has 6 nitrogen and oxygen atoms in total. The first kappa shape index (κ1) is 20.5. The van der Waals surface area contributed by atoms with E-state index in [9.17, 15) is 13.2 Å². The van der Waals surface area contributed by atoms with Crippen molar-refractivity contribution in [3.05, 3.63) is 45.9 Å². The number of para-hydroxylation sites is 1. The van der Waals surface area contributed by atoms with Gasteiger partial charge in [-0.2, -0.15) is 0 Å². The Bertz CT molecular complexity index is 919. The lowest BCUT2D eigenvalue weighted by Crippen LogP contribution is -2.23. The monoisotopic (exact) mass is 460 g/mol. The molecule has 0 aromatic heterocycles. The van der Waals surface area contributed by atoms with Crippen LogP contribution in [0.1, 0.15) is 6.92 Å². The summed E-state index contributed by atoms with van der Waals surface area (Å²) in [6.07, 6.45) is 1.09. The predicted molar refractivity (Wildman–Crippen MR) is 107 cm³/mol. The van der Waals surface area contributed by atoms with Crippen LogP contribution in [0.25, 0.3) is 0 Å². The lowest BCUT2D eigenvalue weighted by Gasteiger charge is -2.15. The van der Waals surface area contributed by atoms with Gasteiger partial charge in [0.15, 0.2) is 15.6 Å². The standard InChI is InChI=1S/C17H18BrClN2O4S/c1-3-25-17-12(18)8-11(19)9-14(17)20-10-16(22)21-13-6-4-5-7-15(13)26(2,23)24/h4-9,20H,3,10H2,1-2H3,(H,21,22). The first-order valence-electron chi connectivity index (χ1n) is 7.67. The highest BCUT2D eigenvalue weighted by Gasteiger charge is 2.15. The van der Waals surface area contributed by atoms with E-state index < -0.39 is 15.7 Å². The average Bonchev–Trinajstić information content (AvgIpc) is 2.55. The normalized spacial score (nSPS) is 11.1. The number of rotatable bonds is 7. The third-order valence-electron chi connectivity index (χ3n) is 3.30. The minimum Gasteiger partial charge on any atom is -0.491 e. The molecule has 1 amide bonds. The number of benzene rings is 2. The van der Waals surface area contributed by atoms with Crippen LogP contribution >= 0.6 is 27.5 Å². The molecule has 26 heavy (non-hydrogen) atoms. The van der Waals surface area contributed by atoms with Crippen LogP contribution < -0.4 is 15.4 Å². The predicted octanol–water partition coefficient (Wildman–Crippen LogP) is 3.96. The minimum absolute atomic E-state index is 0.0638. The van der Waals surface area contributed by atoms with Gasteiger partial charge in [-0.3, -0.25) is 4.79 Å². The van der Waals surface area contributed by atoms with Gasteiger partial charge in [0, 0.05) is 11.3 Å². The summed E-state index contributed by atoms with van der Waals surface area (Å²) in [6, 6.07) is 9.58. The van der Waals surface area contributed by atoms with E-state index in [0.717, 1.165) is 6.26 Å². The highest BCUT2D eigenvalue weighted by Crippen LogP contribution is 2.36. The Balaban J connectivity index is 2.14. The number of halogens is 2. The molecule has 0 saturated carbocycles. The third kappa shape index (κ3) is 5.36. The van der Waals surface area contributed by atoms with Gasteiger partial charge in [0.2, 0.25) is 5.91 Å². The maximum atomic E-state index is 12.3. The highest BCUT2D eigenvalue weighted by atomic mass is 79.9. The molecule has 2 N–H and O–H groups in total. The van der Waals surface area contributed by atoms with E-state index in [2.05, 4.69) is 26.6 Å². The van der Waals surface area contributed by atoms with E-state index in [0.29, 0.717) is 27.5 Å². The van der Waals surface area contributed by atoms with E-state index in [4.69, 9.17) is 16.3 Å². The maximum Gasteiger partial charge on any atom is 0.243 e. The Kier molecular flexibility index (Phi) is 6.91. The molecular weight excluding hydrogens is 444 g/mol. The van der Waals surface area contributed by atoms with Crippen molar-refractivity contribution in [3.8, 4) is 5.75 Å². The lowest BCUT2D eigenvalue weighted by atomic mass is 10.3. The van der Waals surface area contributed by atoms with Crippen LogP contribution in [0.2, 0.25) is 5.02 Å². The first-order chi connectivity index (χ1) is 12.2. The number of hydrogen-bond acceptors (Lipinski definition) is 5. The Hall–Kier alpha value is -1.77. The van der Waals surface area contributed by atoms with Crippen molar-refractivity contribution in [3.63, 3.8) is 0 Å². The maximum absolute atomic E-state index is 12.3. The van der Waals surface area contributed by atoms with Crippen LogP contribution in [0.5, 0.6) is 5.75 Å². The molecule has 140 valence electrons. The average molecular weight is 462 g/mol. The molecule has 0 aliphatic carbocycles. The van der Waals surface area contributed by atoms with Crippen molar-refractivity contribution in [1.82, 2.24) is 0 Å². The molecule has 0 atom stereocenters. The molecule has 0 radical (unpaired) electrons. The third-order valence-corrected chi connectivity index (χ3v) is 5.26. The summed E-state index contributed by atoms with van der Waals surface area (Å²) in [5.41, 5.74) is 0.789. The fourth-order valence-electron chi connectivity index (χ4n) is 2.25. The second-order valence-electron chi connectivity index (χ2n) is 5.37. The summed E-state index contributed by atoms with van der Waals surface area (Å²) >= 11 is 9.42. The van der Waals surface area contributed by atoms with Crippen LogP contribution in [0, 0.1) is 0 Å². The van der Waals surface area contributed by atoms with Crippen LogP contribution in [0.15, 0.2) is 45.8 Å². The SMILES string of the molecule is CCOc1c(Br)cc(Cl)cc1NCC(=O)Nc1ccccc1S(C)(=O)=O. The zero-order valence-electron chi connectivity index (χ0n) is 14.2. The number of ether oxygens (including phenoxy) is 1. The van der Waals surface area contributed by atoms with Gasteiger partial charge in [-0.05, 0) is 47.1 Å². The summed E-state index contributed by atoms with van der Waals surface area (Å²) in [5, 5.41) is 6.04. The molecule has 9 heteroatoms. The van der Waals surface area contributed by atoms with Gasteiger partial charge in [0.1, 0.15) is 0 Å². The number of carbonyl (C=O) groups excluding carboxylic acids is 1. The zero-order chi connectivity index (χ0) is 19.3. The van der Waals surface area contributed by atoms with Crippen molar-refractivity contribution in [2.45, 2.75) is 11.8 Å². The number of amides is 1. The van der Waals surface area contributed by atoms with E-state index in [1.165, 1.54) is 12.1 Å². The van der Waals surface area contributed by atoms with Gasteiger partial charge in [0.25, 0.3) is 0 Å². The largest absolute Gasteiger partial charge is 0.491 e. The summed E-state index contributed by atoms with van der Waals surface area (Å²) in [5.74, 6) is 0.140. The van der Waals surface area contributed by atoms with E-state index >= 15 is 0 Å². The van der Waals surface area contributed by atoms with Gasteiger partial charge in [-0.15, -0.1) is 0 Å². The zero-order valence-corrected chi connectivity index (χ0v) is 17.3. The van der Waals surface area contributed by atoms with Crippen LogP contribution in [0.4, 0.5) is 11.4 Å². The van der Waals surface area contributed by atoms with Crippen molar-refractivity contribution in [2.75, 3.05) is 30.0 Å². The summed E-state index contributed by atoms with van der Waals surface area (Å²) in [7, 11) is -3.45. The van der Waals surface area contributed by atoms with Gasteiger partial charge < -0.3 is 15.4 Å². The van der Waals surface area contributed by atoms with Crippen molar-refractivity contribution < 1.29 is 17.9 Å². The van der Waals surface area contributed by atoms with Crippen LogP contribution in [0.3, 0.4) is 0 Å². The summed E-state index contributed by atoms with van der Waals surface area (Å²) in [4.78, 5) is 12.3. The number of anilines is 2. The Morgan fingerprint density at radius 1 is 1.23 bits per heavy atom. The second kappa shape index (κ2) is 8.75. The Morgan fingerprint density at radius 3 is 2.58 bits per heavy atom. The van der Waals surface area contributed by atoms with Gasteiger partial charge in [-0.25, -0.2) is 8.42 Å². The molecule has 2 rings (SSSR count). The van der Waals surface area contributed by atoms with E-state index in [1.54, 1.807) is 24.3 Å². The molecule has 0 unspecified atom stereocenters. The van der Waals surface area contributed by atoms with E-state index in [-0.39, 0.29) is 17.1 Å². The smallest absolute Gasteiger partial charge is 0.243 e. The minimum atomic E-state index is -3.45. The molecule has 0 aliphatic rings. The molecular formula is C17H18BrClN2O4S. The molecule has 0 fully saturated rings. The van der Waals surface area contributed by atoms with Crippen molar-refractivity contribution >= 4 is 54.7 Å². The molecule has 2 aromatic rings. The van der Waals surface area contributed by atoms with Gasteiger partial charge in [-0.1, -0.05) is 23.7 Å². The number of hydrogen-bond donors (Lipinski definition) is 2. The van der Waals surface area contributed by atoms with Gasteiger partial charge >= 0.3 is 0 Å². The number of nitrogens with one attached hydrogen (secondary N) is 2. The molecule has 0 spiro atoms. The van der Waals surface area contributed by atoms with Gasteiger partial charge in [0.05, 0.1) is 33.9 Å². The quantitative estimate of drug-likeness (QED) is 0.652. The molecule has 2 aromatic carbocycles. The fourth-order valence-corrected chi connectivity index (χ4v) is 4.01. The number of sulfone groups is 1. The second-order valence-corrected chi connectivity index (χ2v) is 8.64. The van der Waals surface area contributed by atoms with Crippen molar-refractivity contribution in [2.24, 2.45) is 0 Å². The van der Waals surface area contributed by atoms with Crippen LogP contribution in [-0.4, -0.2) is 33.7 Å². The first-order valence-corrected chi connectivity index (χ1v) is 10.7. The fraction of sp³-hybridized carbons (Fsp3) is 0.235. The molecule has 0 aliphatic heterocycles. The highest BCUT2D eigenvalue weighted by molar-refractivity contribution is 9.10. The molecule has 0 heterocycles. The van der Waals surface area contributed by atoms with Crippen molar-refractivity contribution in [1.29, 1.82) is 0 Å². The molecule has 0 bridgehead atoms. The number of carbonyl (C=O) groups is 1. The lowest BCUT2D eigenvalue weighted by molar-refractivity contribution is -0.114.